The van der Waals surface area contributed by atoms with Crippen molar-refractivity contribution in [2.45, 2.75) is 39.3 Å². The summed E-state index contributed by atoms with van der Waals surface area (Å²) in [5, 5.41) is 0. The van der Waals surface area contributed by atoms with Crippen LogP contribution in [0.1, 0.15) is 35.1 Å². The van der Waals surface area contributed by atoms with Gasteiger partial charge in [0.25, 0.3) is 0 Å². The third-order valence-electron chi connectivity index (χ3n) is 5.95. The summed E-state index contributed by atoms with van der Waals surface area (Å²) in [5.74, 6) is 0.565. The van der Waals surface area contributed by atoms with Crippen LogP contribution in [0.5, 0.6) is 0 Å². The molecule has 0 aliphatic carbocycles. The van der Waals surface area contributed by atoms with Crippen LogP contribution in [0.2, 0.25) is 0 Å². The van der Waals surface area contributed by atoms with Gasteiger partial charge in [-0.2, -0.15) is 0 Å². The van der Waals surface area contributed by atoms with Crippen LogP contribution in [0.15, 0.2) is 48.5 Å². The van der Waals surface area contributed by atoms with E-state index in [1.165, 1.54) is 28.8 Å². The summed E-state index contributed by atoms with van der Waals surface area (Å²) in [6, 6.07) is 17.3. The number of amides is 1. The fourth-order valence-corrected chi connectivity index (χ4v) is 4.58. The molecule has 0 bridgehead atoms. The highest BCUT2D eigenvalue weighted by molar-refractivity contribution is 5.79. The first kappa shape index (κ1) is 17.3. The molecule has 2 aliphatic heterocycles. The Labute approximate surface area is 156 Å². The van der Waals surface area contributed by atoms with Gasteiger partial charge in [0.1, 0.15) is 6.54 Å². The molecule has 0 radical (unpaired) electrons. The number of likely N-dealkylation sites (tertiary alicyclic amines) is 1. The summed E-state index contributed by atoms with van der Waals surface area (Å²) in [4.78, 5) is 16.8. The van der Waals surface area contributed by atoms with E-state index < -0.39 is 0 Å². The van der Waals surface area contributed by atoms with Gasteiger partial charge in [0, 0.05) is 18.7 Å². The van der Waals surface area contributed by atoms with Gasteiger partial charge >= 0.3 is 0 Å². The third-order valence-corrected chi connectivity index (χ3v) is 5.95. The number of hydrogen-bond acceptors (Lipinski definition) is 1. The Morgan fingerprint density at radius 3 is 2.85 bits per heavy atom. The maximum atomic E-state index is 13.1. The van der Waals surface area contributed by atoms with E-state index in [1.807, 2.05) is 0 Å². The normalized spacial score (nSPS) is 22.7. The molecule has 1 amide bonds. The molecule has 3 heteroatoms. The second kappa shape index (κ2) is 7.63. The molecular formula is C23H29N2O+. The quantitative estimate of drug-likeness (QED) is 0.904. The van der Waals surface area contributed by atoms with E-state index in [0.717, 1.165) is 45.4 Å². The molecule has 1 N–H and O–H groups in total. The zero-order valence-corrected chi connectivity index (χ0v) is 15.7. The topological polar surface area (TPSA) is 24.8 Å². The number of nitrogens with zero attached hydrogens (tertiary/aromatic N) is 1. The van der Waals surface area contributed by atoms with Gasteiger partial charge in [-0.25, -0.2) is 0 Å². The number of quaternary nitrogens is 1. The molecule has 1 fully saturated rings. The first-order chi connectivity index (χ1) is 12.7. The zero-order valence-electron chi connectivity index (χ0n) is 15.7. The minimum Gasteiger partial charge on any atom is -0.338 e. The Kier molecular flexibility index (Phi) is 5.07. The molecule has 0 aromatic heterocycles. The molecular weight excluding hydrogens is 320 g/mol. The zero-order chi connectivity index (χ0) is 17.9. The molecule has 1 unspecified atom stereocenters. The number of nitrogens with one attached hydrogen (secondary N) is 1. The van der Waals surface area contributed by atoms with E-state index in [2.05, 4.69) is 60.4 Å². The van der Waals surface area contributed by atoms with Gasteiger partial charge in [-0.05, 0) is 37.3 Å². The van der Waals surface area contributed by atoms with Crippen molar-refractivity contribution in [1.82, 2.24) is 4.90 Å². The van der Waals surface area contributed by atoms with Crippen LogP contribution in [0.25, 0.3) is 0 Å². The second-order valence-corrected chi connectivity index (χ2v) is 7.99. The van der Waals surface area contributed by atoms with Crippen molar-refractivity contribution in [2.75, 3.05) is 19.6 Å². The summed E-state index contributed by atoms with van der Waals surface area (Å²) in [6.07, 6.45) is 3.20. The summed E-state index contributed by atoms with van der Waals surface area (Å²) in [5.41, 5.74) is 5.44. The summed E-state index contributed by atoms with van der Waals surface area (Å²) < 4.78 is 0. The van der Waals surface area contributed by atoms with Crippen molar-refractivity contribution in [2.24, 2.45) is 5.92 Å². The van der Waals surface area contributed by atoms with Gasteiger partial charge in [-0.15, -0.1) is 0 Å². The Morgan fingerprint density at radius 2 is 2.00 bits per heavy atom. The average Bonchev–Trinajstić information content (AvgIpc) is 2.67. The molecule has 2 aromatic rings. The number of aryl methyl sites for hydroxylation is 1. The number of carbonyl (C=O) groups excluding carboxylic acids is 1. The minimum absolute atomic E-state index is 0.189. The second-order valence-electron chi connectivity index (χ2n) is 7.99. The highest BCUT2D eigenvalue weighted by Gasteiger charge is 2.33. The van der Waals surface area contributed by atoms with E-state index in [9.17, 15) is 4.79 Å². The van der Waals surface area contributed by atoms with Crippen molar-refractivity contribution >= 4 is 5.91 Å². The van der Waals surface area contributed by atoms with Crippen LogP contribution in [0, 0.1) is 12.8 Å². The molecule has 3 nitrogen and oxygen atoms in total. The molecule has 2 atom stereocenters. The van der Waals surface area contributed by atoms with Gasteiger partial charge in [-0.1, -0.05) is 54.1 Å². The lowest BCUT2D eigenvalue weighted by Crippen LogP contribution is -3.12. The molecule has 2 heterocycles. The highest BCUT2D eigenvalue weighted by Crippen LogP contribution is 2.21. The number of piperidine rings is 1. The molecule has 136 valence electrons. The Bertz CT molecular complexity index is 785. The van der Waals surface area contributed by atoms with Crippen LogP contribution in [-0.2, 0) is 24.3 Å². The lowest BCUT2D eigenvalue weighted by atomic mass is 9.93. The smallest absolute Gasteiger partial charge is 0.231 e. The van der Waals surface area contributed by atoms with Gasteiger partial charge in [0.15, 0.2) is 0 Å². The van der Waals surface area contributed by atoms with Crippen LogP contribution in [-0.4, -0.2) is 30.4 Å². The van der Waals surface area contributed by atoms with Crippen molar-refractivity contribution in [3.63, 3.8) is 0 Å². The standard InChI is InChI=1S/C23H28N2O/c1-18-6-4-7-19(14-18)15-24-12-5-10-22(16-24)23(26)25-13-11-20-8-2-3-9-21(20)17-25/h2-4,6-9,14,22H,5,10-13,15-17H2,1H3/p+1/t22-/m0/s1. The number of rotatable bonds is 3. The number of benzene rings is 2. The van der Waals surface area contributed by atoms with Gasteiger partial charge in [0.2, 0.25) is 5.91 Å². The summed E-state index contributed by atoms with van der Waals surface area (Å²) >= 11 is 0. The maximum Gasteiger partial charge on any atom is 0.231 e. The lowest BCUT2D eigenvalue weighted by Gasteiger charge is -2.35. The number of hydrogen-bond donors (Lipinski definition) is 1. The van der Waals surface area contributed by atoms with Gasteiger partial charge < -0.3 is 9.80 Å². The number of carbonyl (C=O) groups is 1. The monoisotopic (exact) mass is 349 g/mol. The van der Waals surface area contributed by atoms with E-state index in [4.69, 9.17) is 0 Å². The van der Waals surface area contributed by atoms with Crippen LogP contribution in [0.4, 0.5) is 0 Å². The van der Waals surface area contributed by atoms with Gasteiger partial charge in [0.05, 0.1) is 19.0 Å². The average molecular weight is 349 g/mol. The van der Waals surface area contributed by atoms with Crippen molar-refractivity contribution in [3.05, 3.63) is 70.8 Å². The van der Waals surface area contributed by atoms with Crippen molar-refractivity contribution in [1.29, 1.82) is 0 Å². The van der Waals surface area contributed by atoms with Crippen LogP contribution < -0.4 is 4.90 Å². The van der Waals surface area contributed by atoms with E-state index in [1.54, 1.807) is 4.90 Å². The fourth-order valence-electron chi connectivity index (χ4n) is 4.58. The summed E-state index contributed by atoms with van der Waals surface area (Å²) in [6.45, 7) is 7.01. The highest BCUT2D eigenvalue weighted by atomic mass is 16.2. The van der Waals surface area contributed by atoms with Crippen LogP contribution >= 0.6 is 0 Å². The first-order valence-electron chi connectivity index (χ1n) is 9.94. The van der Waals surface area contributed by atoms with Crippen LogP contribution in [0.3, 0.4) is 0 Å². The SMILES string of the molecule is Cc1cccc(C[NH+]2CCC[C@H](C(=O)N3CCc4ccccc4C3)C2)c1. The van der Waals surface area contributed by atoms with E-state index >= 15 is 0 Å². The van der Waals surface area contributed by atoms with Crippen molar-refractivity contribution < 1.29 is 9.69 Å². The fraction of sp³-hybridized carbons (Fsp3) is 0.435. The molecule has 0 spiro atoms. The summed E-state index contributed by atoms with van der Waals surface area (Å²) in [7, 11) is 0. The number of fused-ring (bicyclic) bond motifs is 1. The predicted molar refractivity (Wildman–Crippen MR) is 104 cm³/mol. The molecule has 2 aromatic carbocycles. The Balaban J connectivity index is 1.39. The van der Waals surface area contributed by atoms with Crippen molar-refractivity contribution in [3.8, 4) is 0 Å². The van der Waals surface area contributed by atoms with E-state index in [0.29, 0.717) is 5.91 Å². The first-order valence-corrected chi connectivity index (χ1v) is 9.94. The molecule has 2 aliphatic rings. The van der Waals surface area contributed by atoms with Gasteiger partial charge in [-0.3, -0.25) is 4.79 Å². The predicted octanol–water partition coefficient (Wildman–Crippen LogP) is 2.37. The largest absolute Gasteiger partial charge is 0.338 e. The lowest BCUT2D eigenvalue weighted by molar-refractivity contribution is -0.921. The Hall–Kier alpha value is -2.13. The van der Waals surface area contributed by atoms with E-state index in [-0.39, 0.29) is 5.92 Å². The molecule has 4 rings (SSSR count). The molecule has 1 saturated heterocycles. The third kappa shape index (κ3) is 3.83. The minimum atomic E-state index is 0.189. The maximum absolute atomic E-state index is 13.1. The molecule has 26 heavy (non-hydrogen) atoms. The Morgan fingerprint density at radius 1 is 1.15 bits per heavy atom. The molecule has 0 saturated carbocycles.